The Bertz CT molecular complexity index is 613. The lowest BCUT2D eigenvalue weighted by molar-refractivity contribution is 0.125. The van der Waals surface area contributed by atoms with Crippen LogP contribution >= 0.6 is 11.3 Å². The minimum Gasteiger partial charge on any atom is -0.392 e. The lowest BCUT2D eigenvalue weighted by Gasteiger charge is -2.27. The van der Waals surface area contributed by atoms with Crippen LogP contribution in [0.25, 0.3) is 11.3 Å². The number of carbonyl (C=O) groups is 1. The van der Waals surface area contributed by atoms with Gasteiger partial charge in [-0.15, -0.1) is 11.3 Å². The Morgan fingerprint density at radius 1 is 1.45 bits per heavy atom. The molecule has 1 atom stereocenters. The highest BCUT2D eigenvalue weighted by Gasteiger charge is 2.19. The first-order valence-corrected chi connectivity index (χ1v) is 7.97. The van der Waals surface area contributed by atoms with Crippen molar-refractivity contribution in [2.45, 2.75) is 32.9 Å². The fraction of sp³-hybridized carbons (Fsp3) is 0.400. The van der Waals surface area contributed by atoms with Crippen LogP contribution in [-0.2, 0) is 0 Å². The van der Waals surface area contributed by atoms with Crippen LogP contribution in [0.15, 0.2) is 29.9 Å². The molecule has 0 aliphatic carbocycles. The molecule has 6 nitrogen and oxygen atoms in total. The van der Waals surface area contributed by atoms with Gasteiger partial charge in [0.05, 0.1) is 11.8 Å². The van der Waals surface area contributed by atoms with Crippen molar-refractivity contribution in [3.63, 3.8) is 0 Å². The standard InChI is InChI=1S/C15H20N4O2S/c1-10(2)19(8-11(3)20)15(21)18-14-17-13(9-22-14)12-5-4-6-16-7-12/h4-7,9-11,20H,8H2,1-3H3,(H,17,18,21)/t11-/m0/s1. The van der Waals surface area contributed by atoms with Gasteiger partial charge in [0.1, 0.15) is 0 Å². The summed E-state index contributed by atoms with van der Waals surface area (Å²) in [6.07, 6.45) is 2.86. The van der Waals surface area contributed by atoms with E-state index in [1.165, 1.54) is 11.3 Å². The fourth-order valence-corrected chi connectivity index (χ4v) is 2.66. The third-order valence-electron chi connectivity index (χ3n) is 3.02. The summed E-state index contributed by atoms with van der Waals surface area (Å²) in [7, 11) is 0. The van der Waals surface area contributed by atoms with Crippen molar-refractivity contribution in [1.29, 1.82) is 0 Å². The average Bonchev–Trinajstić information content (AvgIpc) is 2.93. The van der Waals surface area contributed by atoms with Gasteiger partial charge in [0.2, 0.25) is 0 Å². The van der Waals surface area contributed by atoms with Gasteiger partial charge in [-0.2, -0.15) is 0 Å². The Labute approximate surface area is 133 Å². The predicted octanol–water partition coefficient (Wildman–Crippen LogP) is 2.83. The highest BCUT2D eigenvalue weighted by Crippen LogP contribution is 2.24. The van der Waals surface area contributed by atoms with E-state index in [-0.39, 0.29) is 18.6 Å². The molecule has 0 spiro atoms. The predicted molar refractivity (Wildman–Crippen MR) is 87.9 cm³/mol. The first-order chi connectivity index (χ1) is 10.5. The lowest BCUT2D eigenvalue weighted by Crippen LogP contribution is -2.43. The molecule has 0 aromatic carbocycles. The summed E-state index contributed by atoms with van der Waals surface area (Å²) in [5, 5.41) is 14.7. The Morgan fingerprint density at radius 3 is 2.82 bits per heavy atom. The van der Waals surface area contributed by atoms with Gasteiger partial charge in [0.15, 0.2) is 5.13 Å². The fourth-order valence-electron chi connectivity index (χ4n) is 1.95. The molecule has 2 heterocycles. The topological polar surface area (TPSA) is 78.4 Å². The number of anilines is 1. The number of rotatable bonds is 5. The van der Waals surface area contributed by atoms with Gasteiger partial charge in [-0.25, -0.2) is 9.78 Å². The SMILES string of the molecule is CC(C)N(C[C@H](C)O)C(=O)Nc1nc(-c2cccnc2)cs1. The summed E-state index contributed by atoms with van der Waals surface area (Å²) in [5.74, 6) is 0. The summed E-state index contributed by atoms with van der Waals surface area (Å²) in [5.41, 5.74) is 1.68. The van der Waals surface area contributed by atoms with Crippen LogP contribution in [0.3, 0.4) is 0 Å². The van der Waals surface area contributed by atoms with Gasteiger partial charge in [-0.05, 0) is 32.9 Å². The number of hydrogen-bond donors (Lipinski definition) is 2. The van der Waals surface area contributed by atoms with Gasteiger partial charge in [0.25, 0.3) is 0 Å². The molecule has 0 aliphatic rings. The number of aliphatic hydroxyl groups excluding tert-OH is 1. The van der Waals surface area contributed by atoms with Crippen molar-refractivity contribution < 1.29 is 9.90 Å². The quantitative estimate of drug-likeness (QED) is 0.888. The number of carbonyl (C=O) groups excluding carboxylic acids is 1. The third-order valence-corrected chi connectivity index (χ3v) is 3.78. The zero-order chi connectivity index (χ0) is 16.1. The molecule has 2 rings (SSSR count). The number of pyridine rings is 1. The molecule has 0 bridgehead atoms. The highest BCUT2D eigenvalue weighted by molar-refractivity contribution is 7.14. The largest absolute Gasteiger partial charge is 0.392 e. The zero-order valence-electron chi connectivity index (χ0n) is 12.9. The Morgan fingerprint density at radius 2 is 2.23 bits per heavy atom. The van der Waals surface area contributed by atoms with E-state index in [1.54, 1.807) is 24.2 Å². The van der Waals surface area contributed by atoms with Gasteiger partial charge in [0, 0.05) is 35.9 Å². The zero-order valence-corrected chi connectivity index (χ0v) is 13.7. The lowest BCUT2D eigenvalue weighted by atomic mass is 10.2. The molecule has 2 amide bonds. The Balaban J connectivity index is 2.07. The van der Waals surface area contributed by atoms with Crippen LogP contribution in [0.2, 0.25) is 0 Å². The molecule has 2 aromatic rings. The molecule has 22 heavy (non-hydrogen) atoms. The molecule has 2 N–H and O–H groups in total. The number of nitrogens with zero attached hydrogens (tertiary/aromatic N) is 3. The van der Waals surface area contributed by atoms with E-state index in [2.05, 4.69) is 15.3 Å². The van der Waals surface area contributed by atoms with Crippen molar-refractivity contribution in [1.82, 2.24) is 14.9 Å². The Hall–Kier alpha value is -1.99. The van der Waals surface area contributed by atoms with E-state index >= 15 is 0 Å². The van der Waals surface area contributed by atoms with E-state index in [1.807, 2.05) is 31.4 Å². The number of thiazole rings is 1. The average molecular weight is 320 g/mol. The van der Waals surface area contributed by atoms with Crippen molar-refractivity contribution in [2.24, 2.45) is 0 Å². The van der Waals surface area contributed by atoms with Crippen LogP contribution in [0.1, 0.15) is 20.8 Å². The Kier molecular flexibility index (Phi) is 5.46. The maximum atomic E-state index is 12.3. The van der Waals surface area contributed by atoms with Crippen LogP contribution < -0.4 is 5.32 Å². The highest BCUT2D eigenvalue weighted by atomic mass is 32.1. The van der Waals surface area contributed by atoms with E-state index < -0.39 is 6.10 Å². The van der Waals surface area contributed by atoms with Gasteiger partial charge in [-0.3, -0.25) is 10.3 Å². The molecular formula is C15H20N4O2S. The minimum atomic E-state index is -0.574. The number of nitrogens with one attached hydrogen (secondary N) is 1. The van der Waals surface area contributed by atoms with Crippen molar-refractivity contribution >= 4 is 22.5 Å². The number of aliphatic hydroxyl groups is 1. The molecule has 0 unspecified atom stereocenters. The van der Waals surface area contributed by atoms with Crippen LogP contribution in [0.4, 0.5) is 9.93 Å². The molecule has 2 aromatic heterocycles. The summed E-state index contributed by atoms with van der Waals surface area (Å²) in [6, 6.07) is 3.49. The second-order valence-corrected chi connectivity index (χ2v) is 6.16. The number of amides is 2. The first-order valence-electron chi connectivity index (χ1n) is 7.09. The summed E-state index contributed by atoms with van der Waals surface area (Å²) >= 11 is 1.36. The number of hydrogen-bond acceptors (Lipinski definition) is 5. The third kappa shape index (κ3) is 4.25. The summed E-state index contributed by atoms with van der Waals surface area (Å²) in [4.78, 5) is 22.3. The van der Waals surface area contributed by atoms with Crippen molar-refractivity contribution in [3.05, 3.63) is 29.9 Å². The maximum Gasteiger partial charge on any atom is 0.323 e. The van der Waals surface area contributed by atoms with Crippen LogP contribution in [0.5, 0.6) is 0 Å². The normalized spacial score (nSPS) is 12.2. The minimum absolute atomic E-state index is 0.00708. The molecule has 0 saturated heterocycles. The second-order valence-electron chi connectivity index (χ2n) is 5.30. The maximum absolute atomic E-state index is 12.3. The van der Waals surface area contributed by atoms with Crippen molar-refractivity contribution in [2.75, 3.05) is 11.9 Å². The van der Waals surface area contributed by atoms with E-state index in [9.17, 15) is 9.90 Å². The van der Waals surface area contributed by atoms with Crippen LogP contribution in [-0.4, -0.2) is 44.7 Å². The molecule has 7 heteroatoms. The number of urea groups is 1. The monoisotopic (exact) mass is 320 g/mol. The van der Waals surface area contributed by atoms with Gasteiger partial charge < -0.3 is 10.0 Å². The van der Waals surface area contributed by atoms with Gasteiger partial charge in [-0.1, -0.05) is 0 Å². The molecule has 0 fully saturated rings. The van der Waals surface area contributed by atoms with Crippen molar-refractivity contribution in [3.8, 4) is 11.3 Å². The van der Waals surface area contributed by atoms with Gasteiger partial charge >= 0.3 is 6.03 Å². The summed E-state index contributed by atoms with van der Waals surface area (Å²) < 4.78 is 0. The molecule has 0 saturated carbocycles. The molecular weight excluding hydrogens is 300 g/mol. The van der Waals surface area contributed by atoms with E-state index in [0.29, 0.717) is 5.13 Å². The summed E-state index contributed by atoms with van der Waals surface area (Å²) in [6.45, 7) is 5.76. The van der Waals surface area contributed by atoms with E-state index in [0.717, 1.165) is 11.3 Å². The molecule has 118 valence electrons. The van der Waals surface area contributed by atoms with Crippen LogP contribution in [0, 0.1) is 0 Å². The van der Waals surface area contributed by atoms with E-state index in [4.69, 9.17) is 0 Å². The molecule has 0 radical (unpaired) electrons. The smallest absolute Gasteiger partial charge is 0.323 e. The second kappa shape index (κ2) is 7.33. The molecule has 0 aliphatic heterocycles. The number of aromatic nitrogens is 2. The first kappa shape index (κ1) is 16.4.